The van der Waals surface area contributed by atoms with Gasteiger partial charge < -0.3 is 10.4 Å². The predicted octanol–water partition coefficient (Wildman–Crippen LogP) is 3.21. The lowest BCUT2D eigenvalue weighted by atomic mass is 9.68. The van der Waals surface area contributed by atoms with Gasteiger partial charge in [0.2, 0.25) is 5.91 Å². The zero-order chi connectivity index (χ0) is 15.4. The minimum absolute atomic E-state index is 0.0106. The number of rotatable bonds is 6. The SMILES string of the molecule is CCC(CC)(CNC(=O)C1CCCCC1(C)C)C(=O)O. The Morgan fingerprint density at radius 1 is 1.25 bits per heavy atom. The third-order valence-corrected chi connectivity index (χ3v) is 5.23. The van der Waals surface area contributed by atoms with Crippen LogP contribution in [0.5, 0.6) is 0 Å². The third kappa shape index (κ3) is 3.53. The van der Waals surface area contributed by atoms with Crippen LogP contribution in [0.25, 0.3) is 0 Å². The van der Waals surface area contributed by atoms with E-state index in [0.29, 0.717) is 12.8 Å². The zero-order valence-electron chi connectivity index (χ0n) is 13.3. The van der Waals surface area contributed by atoms with E-state index in [-0.39, 0.29) is 23.8 Å². The van der Waals surface area contributed by atoms with Crippen molar-refractivity contribution in [2.75, 3.05) is 6.54 Å². The van der Waals surface area contributed by atoms with Crippen LogP contribution >= 0.6 is 0 Å². The lowest BCUT2D eigenvalue weighted by molar-refractivity contribution is -0.149. The van der Waals surface area contributed by atoms with Crippen molar-refractivity contribution in [1.29, 1.82) is 0 Å². The molecule has 1 unspecified atom stereocenters. The summed E-state index contributed by atoms with van der Waals surface area (Å²) in [6.07, 6.45) is 5.32. The summed E-state index contributed by atoms with van der Waals surface area (Å²) >= 11 is 0. The number of hydrogen-bond acceptors (Lipinski definition) is 2. The molecule has 2 N–H and O–H groups in total. The highest BCUT2D eigenvalue weighted by atomic mass is 16.4. The van der Waals surface area contributed by atoms with E-state index in [1.807, 2.05) is 13.8 Å². The fourth-order valence-electron chi connectivity index (χ4n) is 3.24. The van der Waals surface area contributed by atoms with E-state index in [0.717, 1.165) is 19.3 Å². The van der Waals surface area contributed by atoms with Crippen LogP contribution in [0.2, 0.25) is 0 Å². The van der Waals surface area contributed by atoms with Gasteiger partial charge in [-0.05, 0) is 31.1 Å². The summed E-state index contributed by atoms with van der Waals surface area (Å²) in [5.74, 6) is -0.774. The van der Waals surface area contributed by atoms with Gasteiger partial charge in [0.25, 0.3) is 0 Å². The topological polar surface area (TPSA) is 66.4 Å². The van der Waals surface area contributed by atoms with Crippen molar-refractivity contribution in [2.24, 2.45) is 16.7 Å². The quantitative estimate of drug-likeness (QED) is 0.786. The maximum absolute atomic E-state index is 12.4. The molecule has 1 amide bonds. The zero-order valence-corrected chi connectivity index (χ0v) is 13.3. The average Bonchev–Trinajstić information content (AvgIpc) is 2.39. The second kappa shape index (κ2) is 6.59. The van der Waals surface area contributed by atoms with Crippen LogP contribution in [0.4, 0.5) is 0 Å². The number of carboxylic acid groups (broad SMARTS) is 1. The van der Waals surface area contributed by atoms with Crippen LogP contribution in [0.1, 0.15) is 66.2 Å². The van der Waals surface area contributed by atoms with E-state index in [1.165, 1.54) is 6.42 Å². The van der Waals surface area contributed by atoms with Crippen LogP contribution < -0.4 is 5.32 Å². The van der Waals surface area contributed by atoms with Gasteiger partial charge in [0.15, 0.2) is 0 Å². The van der Waals surface area contributed by atoms with Crippen molar-refractivity contribution in [3.05, 3.63) is 0 Å². The van der Waals surface area contributed by atoms with Crippen LogP contribution in [0, 0.1) is 16.7 Å². The largest absolute Gasteiger partial charge is 0.481 e. The molecule has 4 heteroatoms. The van der Waals surface area contributed by atoms with Gasteiger partial charge >= 0.3 is 5.97 Å². The van der Waals surface area contributed by atoms with Gasteiger partial charge in [0.1, 0.15) is 0 Å². The predicted molar refractivity (Wildman–Crippen MR) is 79.4 cm³/mol. The first-order valence-electron chi connectivity index (χ1n) is 7.80. The molecule has 0 aromatic heterocycles. The van der Waals surface area contributed by atoms with Gasteiger partial charge in [-0.3, -0.25) is 9.59 Å². The average molecular weight is 283 g/mol. The minimum Gasteiger partial charge on any atom is -0.481 e. The summed E-state index contributed by atoms with van der Waals surface area (Å²) < 4.78 is 0. The number of hydrogen-bond donors (Lipinski definition) is 2. The molecular formula is C16H29NO3. The number of carboxylic acids is 1. The molecule has 1 aliphatic rings. The maximum Gasteiger partial charge on any atom is 0.311 e. The molecule has 1 rings (SSSR count). The van der Waals surface area contributed by atoms with Crippen molar-refractivity contribution < 1.29 is 14.7 Å². The number of nitrogens with one attached hydrogen (secondary N) is 1. The number of carbonyl (C=O) groups excluding carboxylic acids is 1. The van der Waals surface area contributed by atoms with E-state index in [1.54, 1.807) is 0 Å². The fourth-order valence-corrected chi connectivity index (χ4v) is 3.24. The van der Waals surface area contributed by atoms with Gasteiger partial charge in [0.05, 0.1) is 5.41 Å². The molecule has 0 radical (unpaired) electrons. The summed E-state index contributed by atoms with van der Waals surface area (Å²) in [5.41, 5.74) is -0.804. The molecule has 1 aliphatic carbocycles. The minimum atomic E-state index is -0.825. The normalized spacial score (nSPS) is 22.3. The first-order chi connectivity index (χ1) is 9.29. The first-order valence-corrected chi connectivity index (χ1v) is 7.80. The standard InChI is InChI=1S/C16H29NO3/c1-5-16(6-2,14(19)20)11-17-13(18)12-9-7-8-10-15(12,3)4/h12H,5-11H2,1-4H3,(H,17,18)(H,19,20). The summed E-state index contributed by atoms with van der Waals surface area (Å²) in [7, 11) is 0. The van der Waals surface area contributed by atoms with Crippen LogP contribution in [-0.2, 0) is 9.59 Å². The van der Waals surface area contributed by atoms with Crippen molar-refractivity contribution in [2.45, 2.75) is 66.2 Å². The summed E-state index contributed by atoms with van der Waals surface area (Å²) in [6.45, 7) is 8.25. The number of carbonyl (C=O) groups is 2. The lowest BCUT2D eigenvalue weighted by Gasteiger charge is -2.38. The highest BCUT2D eigenvalue weighted by Crippen LogP contribution is 2.40. The molecule has 0 heterocycles. The molecule has 116 valence electrons. The van der Waals surface area contributed by atoms with E-state index in [9.17, 15) is 14.7 Å². The van der Waals surface area contributed by atoms with Crippen LogP contribution in [0.15, 0.2) is 0 Å². The van der Waals surface area contributed by atoms with Gasteiger partial charge in [-0.25, -0.2) is 0 Å². The summed E-state index contributed by atoms with van der Waals surface area (Å²) in [6, 6.07) is 0. The van der Waals surface area contributed by atoms with E-state index in [2.05, 4.69) is 19.2 Å². The summed E-state index contributed by atoms with van der Waals surface area (Å²) in [4.78, 5) is 23.9. The highest BCUT2D eigenvalue weighted by molar-refractivity contribution is 5.81. The Morgan fingerprint density at radius 3 is 2.30 bits per heavy atom. The Bertz CT molecular complexity index is 359. The van der Waals surface area contributed by atoms with Gasteiger partial charge in [-0.1, -0.05) is 40.5 Å². The molecule has 0 spiro atoms. The molecular weight excluding hydrogens is 254 g/mol. The molecule has 1 atom stereocenters. The lowest BCUT2D eigenvalue weighted by Crippen LogP contribution is -2.47. The Labute approximate surface area is 122 Å². The molecule has 0 aromatic carbocycles. The Morgan fingerprint density at radius 2 is 1.85 bits per heavy atom. The van der Waals surface area contributed by atoms with E-state index >= 15 is 0 Å². The van der Waals surface area contributed by atoms with Gasteiger partial charge in [-0.15, -0.1) is 0 Å². The molecule has 4 nitrogen and oxygen atoms in total. The summed E-state index contributed by atoms with van der Waals surface area (Å²) in [5, 5.41) is 12.3. The van der Waals surface area contributed by atoms with E-state index in [4.69, 9.17) is 0 Å². The Balaban J connectivity index is 2.68. The number of aliphatic carboxylic acids is 1. The molecule has 1 fully saturated rings. The third-order valence-electron chi connectivity index (χ3n) is 5.23. The molecule has 0 aromatic rings. The molecule has 0 aliphatic heterocycles. The monoisotopic (exact) mass is 283 g/mol. The first kappa shape index (κ1) is 17.0. The molecule has 0 bridgehead atoms. The second-order valence-electron chi connectivity index (χ2n) is 6.80. The van der Waals surface area contributed by atoms with Crippen molar-refractivity contribution in [3.63, 3.8) is 0 Å². The van der Waals surface area contributed by atoms with Gasteiger partial charge in [-0.2, -0.15) is 0 Å². The Hall–Kier alpha value is -1.06. The molecule has 0 saturated heterocycles. The van der Waals surface area contributed by atoms with Crippen molar-refractivity contribution in [3.8, 4) is 0 Å². The Kier molecular flexibility index (Phi) is 5.60. The van der Waals surface area contributed by atoms with Crippen molar-refractivity contribution in [1.82, 2.24) is 5.32 Å². The fraction of sp³-hybridized carbons (Fsp3) is 0.875. The second-order valence-corrected chi connectivity index (χ2v) is 6.80. The van der Waals surface area contributed by atoms with Gasteiger partial charge in [0, 0.05) is 12.5 Å². The number of amides is 1. The maximum atomic E-state index is 12.4. The highest BCUT2D eigenvalue weighted by Gasteiger charge is 2.39. The van der Waals surface area contributed by atoms with Crippen molar-refractivity contribution >= 4 is 11.9 Å². The van der Waals surface area contributed by atoms with Crippen LogP contribution in [0.3, 0.4) is 0 Å². The van der Waals surface area contributed by atoms with Crippen LogP contribution in [-0.4, -0.2) is 23.5 Å². The molecule has 1 saturated carbocycles. The van der Waals surface area contributed by atoms with E-state index < -0.39 is 11.4 Å². The smallest absolute Gasteiger partial charge is 0.311 e. The molecule has 20 heavy (non-hydrogen) atoms.